The van der Waals surface area contributed by atoms with Gasteiger partial charge in [0.25, 0.3) is 11.8 Å². The summed E-state index contributed by atoms with van der Waals surface area (Å²) in [4.78, 5) is 18.2. The Balaban J connectivity index is 1.42. The smallest absolute Gasteiger partial charge is 0.339 e. The summed E-state index contributed by atoms with van der Waals surface area (Å²) >= 11 is 1.49. The van der Waals surface area contributed by atoms with Crippen LogP contribution < -0.4 is 0 Å². The van der Waals surface area contributed by atoms with Gasteiger partial charge in [0.1, 0.15) is 5.69 Å². The van der Waals surface area contributed by atoms with E-state index in [0.717, 1.165) is 4.88 Å². The molecule has 0 fully saturated rings. The van der Waals surface area contributed by atoms with Crippen LogP contribution in [-0.4, -0.2) is 21.2 Å². The van der Waals surface area contributed by atoms with Crippen molar-refractivity contribution in [2.75, 3.05) is 0 Å². The zero-order valence-corrected chi connectivity index (χ0v) is 15.8. The van der Waals surface area contributed by atoms with E-state index in [9.17, 15) is 4.79 Å². The number of ether oxygens (including phenoxy) is 1. The summed E-state index contributed by atoms with van der Waals surface area (Å²) in [6, 6.07) is 16.4. The number of pyridine rings is 1. The molecule has 5 aromatic rings. The van der Waals surface area contributed by atoms with Crippen LogP contribution in [-0.2, 0) is 11.3 Å². The molecule has 7 nitrogen and oxygen atoms in total. The number of carbonyl (C=O) groups excluding carboxylic acids is 1. The number of esters is 1. The summed E-state index contributed by atoms with van der Waals surface area (Å²) in [6.45, 7) is -0.121. The fourth-order valence-corrected chi connectivity index (χ4v) is 3.56. The molecule has 0 spiro atoms. The van der Waals surface area contributed by atoms with Gasteiger partial charge in [-0.15, -0.1) is 21.5 Å². The van der Waals surface area contributed by atoms with Crippen molar-refractivity contribution in [3.63, 3.8) is 0 Å². The van der Waals surface area contributed by atoms with Gasteiger partial charge in [-0.3, -0.25) is 0 Å². The normalized spacial score (nSPS) is 11.0. The molecule has 0 N–H and O–H groups in total. The maximum atomic E-state index is 12.8. The fourth-order valence-electron chi connectivity index (χ4n) is 2.91. The van der Waals surface area contributed by atoms with Crippen molar-refractivity contribution in [2.24, 2.45) is 0 Å². The second kappa shape index (κ2) is 7.33. The molecule has 0 amide bonds. The molecule has 29 heavy (non-hydrogen) atoms. The average Bonchev–Trinajstić information content (AvgIpc) is 3.53. The van der Waals surface area contributed by atoms with Crippen molar-refractivity contribution < 1.29 is 18.4 Å². The first-order chi connectivity index (χ1) is 14.3. The lowest BCUT2D eigenvalue weighted by molar-refractivity contribution is 0.0441. The highest BCUT2D eigenvalue weighted by atomic mass is 32.1. The van der Waals surface area contributed by atoms with Gasteiger partial charge in [-0.2, -0.15) is 0 Å². The highest BCUT2D eigenvalue weighted by molar-refractivity contribution is 7.13. The first-order valence-electron chi connectivity index (χ1n) is 8.75. The van der Waals surface area contributed by atoms with E-state index in [1.807, 2.05) is 41.8 Å². The van der Waals surface area contributed by atoms with E-state index in [4.69, 9.17) is 13.6 Å². The SMILES string of the molecule is O=C(OCc1nnc(-c2cccs2)o1)c1cc(-c2ccco2)nc2ccccc12. The highest BCUT2D eigenvalue weighted by Crippen LogP contribution is 2.26. The monoisotopic (exact) mass is 403 g/mol. The Bertz CT molecular complexity index is 1280. The predicted molar refractivity (Wildman–Crippen MR) is 106 cm³/mol. The Morgan fingerprint density at radius 1 is 1.07 bits per heavy atom. The number of benzene rings is 1. The van der Waals surface area contributed by atoms with Crippen molar-refractivity contribution in [2.45, 2.75) is 6.61 Å². The van der Waals surface area contributed by atoms with E-state index in [2.05, 4.69) is 15.2 Å². The minimum Gasteiger partial charge on any atom is -0.463 e. The molecule has 1 aromatic carbocycles. The Kier molecular flexibility index (Phi) is 4.38. The molecule has 8 heteroatoms. The molecule has 4 heterocycles. The maximum absolute atomic E-state index is 12.8. The minimum absolute atomic E-state index is 0.121. The summed E-state index contributed by atoms with van der Waals surface area (Å²) in [5.74, 6) is 0.696. The Labute approximate surface area is 168 Å². The Morgan fingerprint density at radius 2 is 2.00 bits per heavy atom. The minimum atomic E-state index is -0.507. The van der Waals surface area contributed by atoms with Gasteiger partial charge >= 0.3 is 5.97 Å². The van der Waals surface area contributed by atoms with Crippen molar-refractivity contribution >= 4 is 28.2 Å². The fraction of sp³-hybridized carbons (Fsp3) is 0.0476. The predicted octanol–water partition coefficient (Wildman–Crippen LogP) is 4.96. The molecule has 4 aromatic heterocycles. The lowest BCUT2D eigenvalue weighted by Gasteiger charge is -2.08. The highest BCUT2D eigenvalue weighted by Gasteiger charge is 2.18. The topological polar surface area (TPSA) is 91.2 Å². The van der Waals surface area contributed by atoms with Gasteiger partial charge in [0.15, 0.2) is 12.4 Å². The van der Waals surface area contributed by atoms with Gasteiger partial charge in [-0.25, -0.2) is 9.78 Å². The summed E-state index contributed by atoms with van der Waals surface area (Å²) in [6.07, 6.45) is 1.56. The van der Waals surface area contributed by atoms with Crippen LogP contribution in [0.25, 0.3) is 33.1 Å². The molecule has 0 aliphatic carbocycles. The van der Waals surface area contributed by atoms with E-state index in [1.54, 1.807) is 24.5 Å². The number of aromatic nitrogens is 3. The summed E-state index contributed by atoms with van der Waals surface area (Å²) < 4.78 is 16.4. The standard InChI is InChI=1S/C21H13N3O4S/c25-21(27-12-19-23-24-20(28-19)18-8-4-10-29-18)14-11-16(17-7-3-9-26-17)22-15-6-2-1-5-13(14)15/h1-11H,12H2. The largest absolute Gasteiger partial charge is 0.463 e. The van der Waals surface area contributed by atoms with Crippen LogP contribution in [0.5, 0.6) is 0 Å². The number of thiophene rings is 1. The third kappa shape index (κ3) is 3.41. The summed E-state index contributed by atoms with van der Waals surface area (Å²) in [7, 11) is 0. The number of hydrogen-bond donors (Lipinski definition) is 0. The number of carbonyl (C=O) groups is 1. The Morgan fingerprint density at radius 3 is 2.83 bits per heavy atom. The van der Waals surface area contributed by atoms with Crippen LogP contribution in [0.4, 0.5) is 0 Å². The maximum Gasteiger partial charge on any atom is 0.339 e. The molecular formula is C21H13N3O4S. The molecular weight excluding hydrogens is 390 g/mol. The molecule has 0 aliphatic rings. The van der Waals surface area contributed by atoms with Crippen LogP contribution in [0.1, 0.15) is 16.2 Å². The molecule has 0 bridgehead atoms. The van der Waals surface area contributed by atoms with Crippen LogP contribution in [0.3, 0.4) is 0 Å². The number of rotatable bonds is 5. The van der Waals surface area contributed by atoms with Gasteiger partial charge in [-0.1, -0.05) is 24.3 Å². The molecule has 0 saturated heterocycles. The lowest BCUT2D eigenvalue weighted by atomic mass is 10.1. The van der Waals surface area contributed by atoms with Gasteiger partial charge in [0.2, 0.25) is 0 Å². The third-order valence-electron chi connectivity index (χ3n) is 4.24. The summed E-state index contributed by atoms with van der Waals surface area (Å²) in [5, 5.41) is 10.5. The van der Waals surface area contributed by atoms with Crippen molar-refractivity contribution in [3.05, 3.63) is 77.7 Å². The number of fused-ring (bicyclic) bond motifs is 1. The zero-order valence-electron chi connectivity index (χ0n) is 14.9. The molecule has 0 unspecified atom stereocenters. The third-order valence-corrected chi connectivity index (χ3v) is 5.09. The lowest BCUT2D eigenvalue weighted by Crippen LogP contribution is -2.07. The van der Waals surface area contributed by atoms with Crippen LogP contribution in [0, 0.1) is 0 Å². The van der Waals surface area contributed by atoms with E-state index in [-0.39, 0.29) is 12.5 Å². The number of furan rings is 1. The van der Waals surface area contributed by atoms with Gasteiger partial charge in [0, 0.05) is 5.39 Å². The average molecular weight is 403 g/mol. The van der Waals surface area contributed by atoms with E-state index in [0.29, 0.717) is 33.8 Å². The van der Waals surface area contributed by atoms with Crippen molar-refractivity contribution in [1.82, 2.24) is 15.2 Å². The molecule has 0 saturated carbocycles. The quantitative estimate of drug-likeness (QED) is 0.383. The summed E-state index contributed by atoms with van der Waals surface area (Å²) in [5.41, 5.74) is 1.62. The molecule has 142 valence electrons. The van der Waals surface area contributed by atoms with Gasteiger partial charge in [-0.05, 0) is 35.7 Å². The molecule has 5 rings (SSSR count). The van der Waals surface area contributed by atoms with Crippen molar-refractivity contribution in [3.8, 4) is 22.2 Å². The van der Waals surface area contributed by atoms with Crippen LogP contribution >= 0.6 is 11.3 Å². The zero-order chi connectivity index (χ0) is 19.6. The molecule has 0 atom stereocenters. The van der Waals surface area contributed by atoms with Crippen molar-refractivity contribution in [1.29, 1.82) is 0 Å². The number of hydrogen-bond acceptors (Lipinski definition) is 8. The van der Waals surface area contributed by atoms with Gasteiger partial charge < -0.3 is 13.6 Å². The van der Waals surface area contributed by atoms with E-state index in [1.165, 1.54) is 11.3 Å². The first kappa shape index (κ1) is 17.3. The Hall–Kier alpha value is -3.78. The first-order valence-corrected chi connectivity index (χ1v) is 9.63. The number of nitrogens with zero attached hydrogens (tertiary/aromatic N) is 3. The van der Waals surface area contributed by atoms with E-state index < -0.39 is 5.97 Å². The van der Waals surface area contributed by atoms with E-state index >= 15 is 0 Å². The number of para-hydroxylation sites is 1. The van der Waals surface area contributed by atoms with Gasteiger partial charge in [0.05, 0.1) is 22.2 Å². The second-order valence-corrected chi connectivity index (χ2v) is 7.05. The molecule has 0 radical (unpaired) electrons. The molecule has 0 aliphatic heterocycles. The van der Waals surface area contributed by atoms with Crippen LogP contribution in [0.2, 0.25) is 0 Å². The van der Waals surface area contributed by atoms with Crippen LogP contribution in [0.15, 0.2) is 75.1 Å². The second-order valence-electron chi connectivity index (χ2n) is 6.10.